The number of nitrogens with one attached hydrogen (secondary N) is 2. The van der Waals surface area contributed by atoms with Crippen LogP contribution in [0.2, 0.25) is 5.02 Å². The smallest absolute Gasteiger partial charge is 0.265 e. The second-order valence-electron chi connectivity index (χ2n) is 8.55. The third-order valence-electron chi connectivity index (χ3n) is 6.02. The van der Waals surface area contributed by atoms with Crippen LogP contribution in [0.3, 0.4) is 0 Å². The van der Waals surface area contributed by atoms with Crippen molar-refractivity contribution in [3.8, 4) is 0 Å². The van der Waals surface area contributed by atoms with Gasteiger partial charge in [0.25, 0.3) is 5.91 Å². The van der Waals surface area contributed by atoms with Crippen LogP contribution in [0.4, 0.5) is 33.2 Å². The zero-order valence-corrected chi connectivity index (χ0v) is 19.7. The van der Waals surface area contributed by atoms with Crippen LogP contribution < -0.4 is 25.3 Å². The van der Waals surface area contributed by atoms with Crippen LogP contribution in [-0.4, -0.2) is 55.3 Å². The Balaban J connectivity index is 1.36. The minimum absolute atomic E-state index is 0.228. The molecule has 1 saturated heterocycles. The maximum absolute atomic E-state index is 14.9. The summed E-state index contributed by atoms with van der Waals surface area (Å²) in [6.07, 6.45) is 1.49. The molecule has 10 heteroatoms. The SMILES string of the molecule is C[C@@H]1CN(c2ccc(Nc3ncc4c(n3)N(C)CN(c3ccccc3Cl)C4=O)cc2F)CCN1. The first-order valence-corrected chi connectivity index (χ1v) is 11.5. The predicted molar refractivity (Wildman–Crippen MR) is 133 cm³/mol. The largest absolute Gasteiger partial charge is 0.366 e. The molecule has 0 radical (unpaired) electrons. The lowest BCUT2D eigenvalue weighted by atomic mass is 10.2. The molecule has 0 aliphatic carbocycles. The van der Waals surface area contributed by atoms with E-state index in [0.717, 1.165) is 19.6 Å². The molecule has 1 atom stereocenters. The Hall–Kier alpha value is -3.43. The Kier molecular flexibility index (Phi) is 5.97. The number of hydrogen-bond donors (Lipinski definition) is 2. The quantitative estimate of drug-likeness (QED) is 0.586. The third kappa shape index (κ3) is 4.24. The second-order valence-corrected chi connectivity index (χ2v) is 8.95. The molecule has 176 valence electrons. The molecule has 1 fully saturated rings. The van der Waals surface area contributed by atoms with E-state index in [4.69, 9.17) is 11.6 Å². The number of halogens is 2. The zero-order chi connectivity index (χ0) is 23.8. The lowest BCUT2D eigenvalue weighted by molar-refractivity contribution is 0.0982. The fourth-order valence-electron chi connectivity index (χ4n) is 4.34. The number of nitrogens with zero attached hydrogens (tertiary/aromatic N) is 5. The maximum atomic E-state index is 14.9. The van der Waals surface area contributed by atoms with Gasteiger partial charge in [-0.15, -0.1) is 0 Å². The predicted octanol–water partition coefficient (Wildman–Crippen LogP) is 3.86. The van der Waals surface area contributed by atoms with Crippen molar-refractivity contribution in [1.29, 1.82) is 0 Å². The number of aromatic nitrogens is 2. The van der Waals surface area contributed by atoms with E-state index in [9.17, 15) is 9.18 Å². The Morgan fingerprint density at radius 2 is 2.03 bits per heavy atom. The number of benzene rings is 2. The van der Waals surface area contributed by atoms with Gasteiger partial charge in [-0.05, 0) is 37.3 Å². The number of hydrogen-bond acceptors (Lipinski definition) is 7. The number of carbonyl (C=O) groups is 1. The molecule has 0 saturated carbocycles. The first kappa shape index (κ1) is 22.4. The number of amides is 1. The van der Waals surface area contributed by atoms with Gasteiger partial charge < -0.3 is 20.4 Å². The summed E-state index contributed by atoms with van der Waals surface area (Å²) in [5.74, 6) is 0.248. The molecule has 2 aromatic carbocycles. The van der Waals surface area contributed by atoms with Gasteiger partial charge in [-0.3, -0.25) is 9.69 Å². The van der Waals surface area contributed by atoms with E-state index in [1.165, 1.54) is 12.3 Å². The standard InChI is InChI=1S/C24H25ClFN7O/c1-15-13-32(10-9-27-15)21-8-7-16(11-19(21)26)29-24-28-12-17-22(30-24)31(2)14-33(23(17)34)20-6-4-3-5-18(20)25/h3-8,11-12,15,27H,9-10,13-14H2,1-2H3,(H,28,29,30)/t15-/m1/s1. The Bertz CT molecular complexity index is 1240. The summed E-state index contributed by atoms with van der Waals surface area (Å²) in [5, 5.41) is 6.91. The van der Waals surface area contributed by atoms with E-state index in [-0.39, 0.29) is 17.7 Å². The van der Waals surface area contributed by atoms with Gasteiger partial charge >= 0.3 is 0 Å². The molecule has 5 rings (SSSR count). The van der Waals surface area contributed by atoms with Crippen molar-refractivity contribution in [2.75, 3.05) is 53.4 Å². The van der Waals surface area contributed by atoms with Gasteiger partial charge in [-0.1, -0.05) is 23.7 Å². The fraction of sp³-hybridized carbons (Fsp3) is 0.292. The summed E-state index contributed by atoms with van der Waals surface area (Å²) in [5.41, 5.74) is 2.11. The van der Waals surface area contributed by atoms with Crippen molar-refractivity contribution in [2.24, 2.45) is 0 Å². The van der Waals surface area contributed by atoms with Gasteiger partial charge in [0.05, 0.1) is 23.1 Å². The van der Waals surface area contributed by atoms with Gasteiger partial charge in [0, 0.05) is 44.6 Å². The molecule has 1 amide bonds. The van der Waals surface area contributed by atoms with Gasteiger partial charge in [0.15, 0.2) is 0 Å². The van der Waals surface area contributed by atoms with E-state index in [2.05, 4.69) is 27.5 Å². The highest BCUT2D eigenvalue weighted by Gasteiger charge is 2.31. The molecule has 0 spiro atoms. The minimum atomic E-state index is -0.306. The van der Waals surface area contributed by atoms with Crippen molar-refractivity contribution >= 4 is 46.3 Å². The summed E-state index contributed by atoms with van der Waals surface area (Å²) in [7, 11) is 1.84. The maximum Gasteiger partial charge on any atom is 0.265 e. The topological polar surface area (TPSA) is 76.6 Å². The van der Waals surface area contributed by atoms with Gasteiger partial charge in [0.1, 0.15) is 17.2 Å². The average molecular weight is 482 g/mol. The van der Waals surface area contributed by atoms with E-state index >= 15 is 0 Å². The summed E-state index contributed by atoms with van der Waals surface area (Å²) in [4.78, 5) is 27.4. The second kappa shape index (κ2) is 9.08. The average Bonchev–Trinajstić information content (AvgIpc) is 2.82. The zero-order valence-electron chi connectivity index (χ0n) is 18.9. The summed E-state index contributed by atoms with van der Waals surface area (Å²) in [6, 6.07) is 12.5. The summed E-state index contributed by atoms with van der Waals surface area (Å²) in [6.45, 7) is 4.71. The molecule has 1 aromatic heterocycles. The Morgan fingerprint density at radius 1 is 1.21 bits per heavy atom. The minimum Gasteiger partial charge on any atom is -0.366 e. The molecule has 2 aliphatic heterocycles. The fourth-order valence-corrected chi connectivity index (χ4v) is 4.58. The molecule has 2 N–H and O–H groups in total. The normalized spacial score (nSPS) is 18.2. The van der Waals surface area contributed by atoms with Crippen molar-refractivity contribution in [2.45, 2.75) is 13.0 Å². The highest BCUT2D eigenvalue weighted by molar-refractivity contribution is 6.34. The molecule has 3 heterocycles. The van der Waals surface area contributed by atoms with Crippen LogP contribution in [0, 0.1) is 5.82 Å². The third-order valence-corrected chi connectivity index (χ3v) is 6.34. The summed E-state index contributed by atoms with van der Waals surface area (Å²) >= 11 is 6.30. The van der Waals surface area contributed by atoms with E-state index < -0.39 is 0 Å². The van der Waals surface area contributed by atoms with E-state index in [1.807, 2.05) is 35.0 Å². The van der Waals surface area contributed by atoms with Gasteiger partial charge in [-0.25, -0.2) is 9.37 Å². The Morgan fingerprint density at radius 3 is 2.79 bits per heavy atom. The van der Waals surface area contributed by atoms with Gasteiger partial charge in [-0.2, -0.15) is 4.98 Å². The Labute approximate surface area is 202 Å². The number of carbonyl (C=O) groups excluding carboxylic acids is 1. The van der Waals surface area contributed by atoms with Crippen LogP contribution in [0.1, 0.15) is 17.3 Å². The summed E-state index contributed by atoms with van der Waals surface area (Å²) < 4.78 is 14.9. The molecule has 8 nitrogen and oxygen atoms in total. The van der Waals surface area contributed by atoms with Crippen LogP contribution in [0.5, 0.6) is 0 Å². The monoisotopic (exact) mass is 481 g/mol. The van der Waals surface area contributed by atoms with Crippen LogP contribution in [-0.2, 0) is 0 Å². The van der Waals surface area contributed by atoms with E-state index in [0.29, 0.717) is 46.2 Å². The molecule has 34 heavy (non-hydrogen) atoms. The first-order chi connectivity index (χ1) is 16.4. The molecule has 0 unspecified atom stereocenters. The van der Waals surface area contributed by atoms with Crippen molar-refractivity contribution in [3.05, 3.63) is 65.1 Å². The van der Waals surface area contributed by atoms with Crippen LogP contribution >= 0.6 is 11.6 Å². The number of para-hydroxylation sites is 1. The van der Waals surface area contributed by atoms with Crippen LogP contribution in [0.15, 0.2) is 48.7 Å². The molecular formula is C24H25ClFN7O. The molecule has 2 aliphatic rings. The molecule has 0 bridgehead atoms. The first-order valence-electron chi connectivity index (χ1n) is 11.1. The van der Waals surface area contributed by atoms with E-state index in [1.54, 1.807) is 23.1 Å². The van der Waals surface area contributed by atoms with Gasteiger partial charge in [0.2, 0.25) is 5.95 Å². The highest BCUT2D eigenvalue weighted by Crippen LogP contribution is 2.33. The number of piperazine rings is 1. The van der Waals surface area contributed by atoms with Crippen molar-refractivity contribution < 1.29 is 9.18 Å². The van der Waals surface area contributed by atoms with Crippen molar-refractivity contribution in [1.82, 2.24) is 15.3 Å². The van der Waals surface area contributed by atoms with Crippen LogP contribution in [0.25, 0.3) is 0 Å². The number of fused-ring (bicyclic) bond motifs is 1. The lowest BCUT2D eigenvalue weighted by Gasteiger charge is -2.35. The number of anilines is 5. The lowest BCUT2D eigenvalue weighted by Crippen LogP contribution is -2.49. The molecular weight excluding hydrogens is 457 g/mol. The van der Waals surface area contributed by atoms with Crippen molar-refractivity contribution in [3.63, 3.8) is 0 Å². The number of rotatable bonds is 4. The molecule has 3 aromatic rings. The highest BCUT2D eigenvalue weighted by atomic mass is 35.5.